The van der Waals surface area contributed by atoms with Crippen molar-refractivity contribution in [3.63, 3.8) is 0 Å². The number of rotatable bonds is 2. The van der Waals surface area contributed by atoms with Crippen LogP contribution in [0.2, 0.25) is 0 Å². The maximum Gasteiger partial charge on any atom is 0.270 e. The van der Waals surface area contributed by atoms with Crippen LogP contribution in [0.1, 0.15) is 35.3 Å². The number of likely N-dealkylation sites (tertiary alicyclic amines) is 1. The highest BCUT2D eigenvalue weighted by atomic mass is 19.1. The van der Waals surface area contributed by atoms with Crippen molar-refractivity contribution in [2.24, 2.45) is 0 Å². The Labute approximate surface area is 123 Å². The topological polar surface area (TPSA) is 36.1 Å². The lowest BCUT2D eigenvalue weighted by Crippen LogP contribution is -2.35. The van der Waals surface area contributed by atoms with Crippen molar-refractivity contribution >= 4 is 5.91 Å². The quantitative estimate of drug-likeness (QED) is 0.896. The van der Waals surface area contributed by atoms with Crippen LogP contribution in [0.25, 0.3) is 11.1 Å². The molecule has 1 aromatic carbocycles. The summed E-state index contributed by atoms with van der Waals surface area (Å²) in [6.45, 7) is 3.59. The van der Waals surface area contributed by atoms with Crippen molar-refractivity contribution in [1.82, 2.24) is 9.88 Å². The molecule has 3 rings (SSSR count). The maximum absolute atomic E-state index is 13.4. The average Bonchev–Trinajstić information content (AvgIpc) is 2.99. The van der Waals surface area contributed by atoms with Gasteiger partial charge in [0.05, 0.1) is 0 Å². The van der Waals surface area contributed by atoms with E-state index in [-0.39, 0.29) is 11.7 Å². The third-order valence-corrected chi connectivity index (χ3v) is 4.07. The van der Waals surface area contributed by atoms with Crippen LogP contribution in [-0.4, -0.2) is 28.9 Å². The van der Waals surface area contributed by atoms with Crippen molar-refractivity contribution in [1.29, 1.82) is 0 Å². The van der Waals surface area contributed by atoms with E-state index in [1.807, 2.05) is 17.9 Å². The SMILES string of the molecule is Cc1ccc(F)cc1-c1c[nH]c(C(=O)N2CCCCC2)c1. The molecule has 0 spiro atoms. The second kappa shape index (κ2) is 5.72. The molecule has 0 atom stereocenters. The summed E-state index contributed by atoms with van der Waals surface area (Å²) in [6, 6.07) is 6.53. The van der Waals surface area contributed by atoms with Crippen LogP contribution in [0, 0.1) is 12.7 Å². The minimum Gasteiger partial charge on any atom is -0.357 e. The van der Waals surface area contributed by atoms with Gasteiger partial charge in [-0.15, -0.1) is 0 Å². The molecular formula is C17H19FN2O. The number of aromatic nitrogens is 1. The van der Waals surface area contributed by atoms with Gasteiger partial charge in [-0.2, -0.15) is 0 Å². The lowest BCUT2D eigenvalue weighted by molar-refractivity contribution is 0.0719. The molecule has 3 nitrogen and oxygen atoms in total. The first kappa shape index (κ1) is 13.9. The largest absolute Gasteiger partial charge is 0.357 e. The van der Waals surface area contributed by atoms with Crippen LogP contribution in [0.5, 0.6) is 0 Å². The van der Waals surface area contributed by atoms with Gasteiger partial charge in [0.25, 0.3) is 5.91 Å². The summed E-state index contributed by atoms with van der Waals surface area (Å²) in [5, 5.41) is 0. The minimum atomic E-state index is -0.263. The van der Waals surface area contributed by atoms with Gasteiger partial charge < -0.3 is 9.88 Å². The van der Waals surface area contributed by atoms with E-state index in [9.17, 15) is 9.18 Å². The molecule has 21 heavy (non-hydrogen) atoms. The van der Waals surface area contributed by atoms with Gasteiger partial charge in [0.1, 0.15) is 11.5 Å². The highest BCUT2D eigenvalue weighted by Crippen LogP contribution is 2.25. The predicted molar refractivity (Wildman–Crippen MR) is 80.7 cm³/mol. The normalized spacial score (nSPS) is 15.2. The van der Waals surface area contributed by atoms with Crippen LogP contribution in [-0.2, 0) is 0 Å². The summed E-state index contributed by atoms with van der Waals surface area (Å²) in [5.74, 6) is -0.226. The molecule has 1 N–H and O–H groups in total. The first-order valence-corrected chi connectivity index (χ1v) is 7.39. The molecule has 1 aromatic heterocycles. The Hall–Kier alpha value is -2.10. The van der Waals surface area contributed by atoms with E-state index < -0.39 is 0 Å². The van der Waals surface area contributed by atoms with Gasteiger partial charge >= 0.3 is 0 Å². The molecule has 0 saturated carbocycles. The smallest absolute Gasteiger partial charge is 0.270 e. The molecule has 1 aliphatic heterocycles. The van der Waals surface area contributed by atoms with Gasteiger partial charge in [-0.3, -0.25) is 4.79 Å². The molecule has 0 aliphatic carbocycles. The molecule has 4 heteroatoms. The Balaban J connectivity index is 1.85. The Morgan fingerprint density at radius 2 is 1.95 bits per heavy atom. The fourth-order valence-corrected chi connectivity index (χ4v) is 2.85. The van der Waals surface area contributed by atoms with E-state index in [0.717, 1.165) is 42.6 Å². The zero-order valence-corrected chi connectivity index (χ0v) is 12.2. The third kappa shape index (κ3) is 2.84. The fraction of sp³-hybridized carbons (Fsp3) is 0.353. The molecule has 1 amide bonds. The molecule has 0 bridgehead atoms. The number of hydrogen-bond donors (Lipinski definition) is 1. The summed E-state index contributed by atoms with van der Waals surface area (Å²) in [5.41, 5.74) is 3.25. The van der Waals surface area contributed by atoms with Crippen LogP contribution in [0.15, 0.2) is 30.5 Å². The van der Waals surface area contributed by atoms with E-state index in [4.69, 9.17) is 0 Å². The number of nitrogens with zero attached hydrogens (tertiary/aromatic N) is 1. The number of carbonyl (C=O) groups is 1. The van der Waals surface area contributed by atoms with Crippen LogP contribution < -0.4 is 0 Å². The van der Waals surface area contributed by atoms with E-state index in [2.05, 4.69) is 4.98 Å². The molecule has 1 saturated heterocycles. The van der Waals surface area contributed by atoms with Crippen LogP contribution in [0.4, 0.5) is 4.39 Å². The highest BCUT2D eigenvalue weighted by molar-refractivity contribution is 5.94. The summed E-state index contributed by atoms with van der Waals surface area (Å²) in [4.78, 5) is 17.3. The second-order valence-corrected chi connectivity index (χ2v) is 5.61. The molecule has 2 heterocycles. The molecule has 110 valence electrons. The third-order valence-electron chi connectivity index (χ3n) is 4.07. The number of amides is 1. The number of piperidine rings is 1. The zero-order chi connectivity index (χ0) is 14.8. The summed E-state index contributed by atoms with van der Waals surface area (Å²) in [7, 11) is 0. The van der Waals surface area contributed by atoms with Crippen molar-refractivity contribution < 1.29 is 9.18 Å². The summed E-state index contributed by atoms with van der Waals surface area (Å²) >= 11 is 0. The van der Waals surface area contributed by atoms with Crippen molar-refractivity contribution in [3.05, 3.63) is 47.5 Å². The lowest BCUT2D eigenvalue weighted by Gasteiger charge is -2.26. The number of aromatic amines is 1. The maximum atomic E-state index is 13.4. The predicted octanol–water partition coefficient (Wildman–Crippen LogP) is 3.76. The number of carbonyl (C=O) groups excluding carboxylic acids is 1. The molecule has 0 unspecified atom stereocenters. The minimum absolute atomic E-state index is 0.0370. The number of nitrogens with one attached hydrogen (secondary N) is 1. The molecule has 1 fully saturated rings. The molecular weight excluding hydrogens is 267 g/mol. The average molecular weight is 286 g/mol. The first-order chi connectivity index (χ1) is 10.1. The number of halogens is 1. The van der Waals surface area contributed by atoms with E-state index in [1.165, 1.54) is 18.6 Å². The summed E-state index contributed by atoms with van der Waals surface area (Å²) in [6.07, 6.45) is 5.12. The molecule has 1 aliphatic rings. The van der Waals surface area contributed by atoms with Gasteiger partial charge in [-0.1, -0.05) is 6.07 Å². The van der Waals surface area contributed by atoms with Gasteiger partial charge in [-0.05, 0) is 55.5 Å². The Kier molecular flexibility index (Phi) is 3.78. The number of hydrogen-bond acceptors (Lipinski definition) is 1. The van der Waals surface area contributed by atoms with Crippen molar-refractivity contribution in [2.45, 2.75) is 26.2 Å². The monoisotopic (exact) mass is 286 g/mol. The number of aryl methyl sites for hydroxylation is 1. The standard InChI is InChI=1S/C17H19FN2O/c1-12-5-6-14(18)10-15(12)13-9-16(19-11-13)17(21)20-7-3-2-4-8-20/h5-6,9-11,19H,2-4,7-8H2,1H3. The number of benzene rings is 1. The lowest BCUT2D eigenvalue weighted by atomic mass is 10.0. The Morgan fingerprint density at radius 1 is 1.19 bits per heavy atom. The summed E-state index contributed by atoms with van der Waals surface area (Å²) < 4.78 is 13.4. The van der Waals surface area contributed by atoms with Gasteiger partial charge in [0.15, 0.2) is 0 Å². The van der Waals surface area contributed by atoms with Crippen LogP contribution >= 0.6 is 0 Å². The van der Waals surface area contributed by atoms with Gasteiger partial charge in [-0.25, -0.2) is 4.39 Å². The van der Waals surface area contributed by atoms with Gasteiger partial charge in [0, 0.05) is 24.8 Å². The first-order valence-electron chi connectivity index (χ1n) is 7.39. The number of H-pyrrole nitrogens is 1. The van der Waals surface area contributed by atoms with Crippen molar-refractivity contribution in [2.75, 3.05) is 13.1 Å². The van der Waals surface area contributed by atoms with Crippen LogP contribution in [0.3, 0.4) is 0 Å². The zero-order valence-electron chi connectivity index (χ0n) is 12.2. The van der Waals surface area contributed by atoms with E-state index >= 15 is 0 Å². The Bertz CT molecular complexity index is 657. The van der Waals surface area contributed by atoms with E-state index in [0.29, 0.717) is 5.69 Å². The molecule has 2 aromatic rings. The van der Waals surface area contributed by atoms with Gasteiger partial charge in [0.2, 0.25) is 0 Å². The Morgan fingerprint density at radius 3 is 2.71 bits per heavy atom. The molecule has 0 radical (unpaired) electrons. The van der Waals surface area contributed by atoms with E-state index in [1.54, 1.807) is 12.3 Å². The fourth-order valence-electron chi connectivity index (χ4n) is 2.85. The highest BCUT2D eigenvalue weighted by Gasteiger charge is 2.19. The van der Waals surface area contributed by atoms with Crippen molar-refractivity contribution in [3.8, 4) is 11.1 Å². The second-order valence-electron chi connectivity index (χ2n) is 5.61.